The molecule has 0 aliphatic carbocycles. The van der Waals surface area contributed by atoms with Crippen LogP contribution in [0.5, 0.6) is 5.75 Å². The molecule has 0 atom stereocenters. The molecule has 100 valence electrons. The van der Waals surface area contributed by atoms with Gasteiger partial charge in [-0.05, 0) is 36.5 Å². The summed E-state index contributed by atoms with van der Waals surface area (Å²) in [5.41, 5.74) is 1.13. The molecule has 0 saturated heterocycles. The molecule has 0 aliphatic rings. The minimum atomic E-state index is -1.19. The first-order chi connectivity index (χ1) is 8.29. The van der Waals surface area contributed by atoms with Crippen LogP contribution < -0.4 is 56.5 Å². The zero-order valence-electron chi connectivity index (χ0n) is 12.5. The normalized spacial score (nSPS) is 10.9. The number of aromatic hydroxyl groups is 1. The summed E-state index contributed by atoms with van der Waals surface area (Å²) in [7, 11) is 0. The molecule has 0 heterocycles. The average Bonchev–Trinajstić information content (AvgIpc) is 2.25. The van der Waals surface area contributed by atoms with E-state index in [2.05, 4.69) is 6.92 Å². The molecule has 0 amide bonds. The number of phenolic OH excluding ortho intramolecular Hbond substituents is 1. The van der Waals surface area contributed by atoms with Crippen molar-refractivity contribution in [1.82, 2.24) is 0 Å². The number of benzene rings is 1. The van der Waals surface area contributed by atoms with Crippen molar-refractivity contribution in [2.75, 3.05) is 0 Å². The van der Waals surface area contributed by atoms with Crippen LogP contribution in [0.3, 0.4) is 0 Å². The van der Waals surface area contributed by atoms with E-state index in [4.69, 9.17) is 0 Å². The van der Waals surface area contributed by atoms with E-state index < -0.39 is 5.97 Å². The minimum absolute atomic E-state index is 0. The molecule has 0 bridgehead atoms. The molecule has 4 heteroatoms. The van der Waals surface area contributed by atoms with Gasteiger partial charge in [0.1, 0.15) is 5.75 Å². The summed E-state index contributed by atoms with van der Waals surface area (Å²) in [4.78, 5) is 11.0. The molecule has 0 fully saturated rings. The number of aromatic carboxylic acids is 1. The Morgan fingerprint density at radius 2 is 1.95 bits per heavy atom. The summed E-state index contributed by atoms with van der Waals surface area (Å²) in [5, 5.41) is 21.1. The van der Waals surface area contributed by atoms with Crippen molar-refractivity contribution in [3.05, 3.63) is 28.8 Å². The van der Waals surface area contributed by atoms with Gasteiger partial charge in [-0.25, -0.2) is 0 Å². The molecule has 1 aromatic carbocycles. The predicted molar refractivity (Wildman–Crippen MR) is 69.7 cm³/mol. The fourth-order valence-electron chi connectivity index (χ4n) is 2.21. The van der Waals surface area contributed by atoms with Gasteiger partial charge in [-0.2, -0.15) is 0 Å². The molecule has 3 nitrogen and oxygen atoms in total. The van der Waals surface area contributed by atoms with Crippen LogP contribution in [0, 0.1) is 6.92 Å². The number of carbonyl (C=O) groups excluding carboxylic acids is 1. The van der Waals surface area contributed by atoms with Gasteiger partial charge in [-0.15, -0.1) is 0 Å². The van der Waals surface area contributed by atoms with Gasteiger partial charge in [-0.3, -0.25) is 0 Å². The minimum Gasteiger partial charge on any atom is -0.545 e. The Kier molecular flexibility index (Phi) is 7.84. The van der Waals surface area contributed by atoms with E-state index in [0.29, 0.717) is 11.1 Å². The Labute approximate surface area is 157 Å². The molecule has 1 rings (SSSR count). The number of unbranched alkanes of at least 4 members (excludes halogenated alkanes) is 1. The molecule has 1 aromatic rings. The Bertz CT molecular complexity index is 453. The van der Waals surface area contributed by atoms with Crippen LogP contribution in [0.2, 0.25) is 0 Å². The van der Waals surface area contributed by atoms with Gasteiger partial charge in [0.05, 0.1) is 5.97 Å². The van der Waals surface area contributed by atoms with E-state index in [1.807, 2.05) is 13.8 Å². The summed E-state index contributed by atoms with van der Waals surface area (Å²) in [6, 6.07) is 3.06. The van der Waals surface area contributed by atoms with Crippen molar-refractivity contribution in [3.63, 3.8) is 0 Å². The molecule has 1 N–H and O–H groups in total. The Balaban J connectivity index is 0.00000324. The molecule has 0 radical (unpaired) electrons. The summed E-state index contributed by atoms with van der Waals surface area (Å²) in [5.74, 6) is -1.03. The van der Waals surface area contributed by atoms with Crippen LogP contribution in [0.1, 0.15) is 61.5 Å². The molecule has 0 unspecified atom stereocenters. The van der Waals surface area contributed by atoms with Crippen molar-refractivity contribution in [3.8, 4) is 5.75 Å². The Hall–Kier alpha value is 0.126. The Morgan fingerprint density at radius 1 is 1.37 bits per heavy atom. The zero-order chi connectivity index (χ0) is 13.9. The van der Waals surface area contributed by atoms with E-state index >= 15 is 0 Å². The van der Waals surface area contributed by atoms with E-state index in [1.165, 1.54) is 6.07 Å². The topological polar surface area (TPSA) is 60.4 Å². The van der Waals surface area contributed by atoms with Crippen LogP contribution in [0.4, 0.5) is 0 Å². The maximum Gasteiger partial charge on any atom is 1.00 e. The molecular formula is C15H21KO3. The van der Waals surface area contributed by atoms with Gasteiger partial charge in [0.15, 0.2) is 0 Å². The smallest absolute Gasteiger partial charge is 0.545 e. The van der Waals surface area contributed by atoms with Crippen molar-refractivity contribution >= 4 is 5.97 Å². The molecule has 19 heavy (non-hydrogen) atoms. The third-order valence-electron chi connectivity index (χ3n) is 3.45. The summed E-state index contributed by atoms with van der Waals surface area (Å²) < 4.78 is 0. The number of hydrogen-bond acceptors (Lipinski definition) is 3. The van der Waals surface area contributed by atoms with Crippen LogP contribution in [-0.4, -0.2) is 11.1 Å². The predicted octanol–water partition coefficient (Wildman–Crippen LogP) is -0.464. The van der Waals surface area contributed by atoms with Crippen molar-refractivity contribution in [1.29, 1.82) is 0 Å². The van der Waals surface area contributed by atoms with Gasteiger partial charge in [0, 0.05) is 11.1 Å². The van der Waals surface area contributed by atoms with Crippen molar-refractivity contribution in [2.24, 2.45) is 0 Å². The first-order valence-corrected chi connectivity index (χ1v) is 6.35. The number of rotatable bonds is 5. The molecular weight excluding hydrogens is 267 g/mol. The zero-order valence-corrected chi connectivity index (χ0v) is 15.7. The average molecular weight is 288 g/mol. The number of carbonyl (C=O) groups is 1. The maximum atomic E-state index is 11.0. The van der Waals surface area contributed by atoms with Gasteiger partial charge >= 0.3 is 51.4 Å². The number of carboxylic acids is 1. The first kappa shape index (κ1) is 19.1. The van der Waals surface area contributed by atoms with Gasteiger partial charge in [0.25, 0.3) is 0 Å². The van der Waals surface area contributed by atoms with Crippen LogP contribution in [0.25, 0.3) is 0 Å². The quantitative estimate of drug-likeness (QED) is 0.746. The van der Waals surface area contributed by atoms with E-state index in [-0.39, 0.29) is 68.1 Å². The van der Waals surface area contributed by atoms with Gasteiger partial charge < -0.3 is 15.0 Å². The van der Waals surface area contributed by atoms with Crippen molar-refractivity contribution < 1.29 is 66.4 Å². The van der Waals surface area contributed by atoms with Crippen molar-refractivity contribution in [2.45, 2.75) is 52.4 Å². The summed E-state index contributed by atoms with van der Waals surface area (Å²) in [6.45, 7) is 7.81. The number of carboxylic acid groups (broad SMARTS) is 1. The van der Waals surface area contributed by atoms with Crippen LogP contribution in [-0.2, 0) is 5.41 Å². The first-order valence-electron chi connectivity index (χ1n) is 6.35. The third-order valence-corrected chi connectivity index (χ3v) is 3.45. The second-order valence-corrected chi connectivity index (χ2v) is 5.46. The summed E-state index contributed by atoms with van der Waals surface area (Å²) in [6.07, 6.45) is 3.02. The second kappa shape index (κ2) is 7.79. The number of phenols is 1. The SMILES string of the molecule is CCCCC(C)(C)c1cc(C(=O)[O-])c(C)cc1O.[K+]. The second-order valence-electron chi connectivity index (χ2n) is 5.46. The number of aryl methyl sites for hydroxylation is 1. The van der Waals surface area contributed by atoms with Gasteiger partial charge in [-0.1, -0.05) is 33.6 Å². The fourth-order valence-corrected chi connectivity index (χ4v) is 2.21. The standard InChI is InChI=1S/C15H22O3.K/c1-5-6-7-15(3,4)12-9-11(14(17)18)10(2)8-13(12)16;/h8-9,16H,5-7H2,1-4H3,(H,17,18);/q;+1/p-1. The number of hydrogen-bond donors (Lipinski definition) is 1. The molecule has 0 aliphatic heterocycles. The molecule has 0 aromatic heterocycles. The van der Waals surface area contributed by atoms with E-state index in [1.54, 1.807) is 13.0 Å². The maximum absolute atomic E-state index is 11.0. The largest absolute Gasteiger partial charge is 1.00 e. The van der Waals surface area contributed by atoms with E-state index in [0.717, 1.165) is 19.3 Å². The Morgan fingerprint density at radius 3 is 2.42 bits per heavy atom. The molecule has 0 saturated carbocycles. The van der Waals surface area contributed by atoms with Crippen LogP contribution in [0.15, 0.2) is 12.1 Å². The summed E-state index contributed by atoms with van der Waals surface area (Å²) >= 11 is 0. The monoisotopic (exact) mass is 288 g/mol. The molecule has 0 spiro atoms. The van der Waals surface area contributed by atoms with Gasteiger partial charge in [0.2, 0.25) is 0 Å². The van der Waals surface area contributed by atoms with E-state index in [9.17, 15) is 15.0 Å². The third kappa shape index (κ3) is 4.87. The van der Waals surface area contributed by atoms with Crippen LogP contribution >= 0.6 is 0 Å². The fraction of sp³-hybridized carbons (Fsp3) is 0.533.